The highest BCUT2D eigenvalue weighted by atomic mass is 127. The average Bonchev–Trinajstić information content (AvgIpc) is 2.47. The van der Waals surface area contributed by atoms with Crippen molar-refractivity contribution in [3.8, 4) is 0 Å². The Morgan fingerprint density at radius 2 is 1.88 bits per heavy atom. The first-order chi connectivity index (χ1) is 11.2. The standard InChI is InChI=1S/C16H36N4O3S.HI/c1-7-17-16(19-14(3)10-12-24(6,21)22)18-13-15(23-8-2)9-11-20(4)5;/h14-15H,7-13H2,1-6H3,(H2,17,18,19);1H. The average molecular weight is 492 g/mol. The monoisotopic (exact) mass is 492 g/mol. The second-order valence-corrected chi connectivity index (χ2v) is 8.61. The van der Waals surface area contributed by atoms with Crippen molar-refractivity contribution in [1.29, 1.82) is 0 Å². The van der Waals surface area contributed by atoms with E-state index in [-0.39, 0.29) is 41.9 Å². The number of halogens is 1. The summed E-state index contributed by atoms with van der Waals surface area (Å²) in [6.45, 7) is 8.91. The predicted octanol–water partition coefficient (Wildman–Crippen LogP) is 1.34. The zero-order valence-electron chi connectivity index (χ0n) is 16.5. The van der Waals surface area contributed by atoms with Gasteiger partial charge >= 0.3 is 0 Å². The lowest BCUT2D eigenvalue weighted by atomic mass is 10.2. The van der Waals surface area contributed by atoms with E-state index in [1.165, 1.54) is 6.26 Å². The van der Waals surface area contributed by atoms with Crippen molar-refractivity contribution < 1.29 is 13.2 Å². The second kappa shape index (κ2) is 15.0. The molecule has 0 radical (unpaired) electrons. The van der Waals surface area contributed by atoms with Crippen LogP contribution in [0.1, 0.15) is 33.6 Å². The van der Waals surface area contributed by atoms with Gasteiger partial charge in [-0.05, 0) is 47.7 Å². The Morgan fingerprint density at radius 1 is 1.24 bits per heavy atom. The molecular formula is C16H37IN4O3S. The van der Waals surface area contributed by atoms with Crippen molar-refractivity contribution in [2.75, 3.05) is 52.3 Å². The lowest BCUT2D eigenvalue weighted by Crippen LogP contribution is -2.43. The lowest BCUT2D eigenvalue weighted by Gasteiger charge is -2.20. The highest BCUT2D eigenvalue weighted by molar-refractivity contribution is 14.0. The van der Waals surface area contributed by atoms with Crippen LogP contribution in [-0.4, -0.2) is 83.8 Å². The molecule has 0 aromatic heterocycles. The lowest BCUT2D eigenvalue weighted by molar-refractivity contribution is 0.0582. The Hall–Kier alpha value is -0.130. The maximum absolute atomic E-state index is 11.3. The number of aliphatic imine (C=N–C) groups is 1. The Bertz CT molecular complexity index is 458. The van der Waals surface area contributed by atoms with Gasteiger partial charge in [-0.3, -0.25) is 4.99 Å². The van der Waals surface area contributed by atoms with Crippen LogP contribution in [0.3, 0.4) is 0 Å². The molecular weight excluding hydrogens is 455 g/mol. The smallest absolute Gasteiger partial charge is 0.191 e. The number of nitrogens with zero attached hydrogens (tertiary/aromatic N) is 2. The van der Waals surface area contributed by atoms with Crippen LogP contribution in [-0.2, 0) is 14.6 Å². The fourth-order valence-corrected chi connectivity index (χ4v) is 2.86. The number of sulfone groups is 1. The van der Waals surface area contributed by atoms with Crippen molar-refractivity contribution in [2.45, 2.75) is 45.8 Å². The van der Waals surface area contributed by atoms with Gasteiger partial charge in [-0.2, -0.15) is 0 Å². The van der Waals surface area contributed by atoms with E-state index in [0.29, 0.717) is 25.5 Å². The molecule has 152 valence electrons. The van der Waals surface area contributed by atoms with Crippen LogP contribution >= 0.6 is 24.0 Å². The molecule has 0 aromatic rings. The van der Waals surface area contributed by atoms with E-state index < -0.39 is 9.84 Å². The summed E-state index contributed by atoms with van der Waals surface area (Å²) in [7, 11) is 1.15. The summed E-state index contributed by atoms with van der Waals surface area (Å²) in [6, 6.07) is 0.0323. The van der Waals surface area contributed by atoms with Crippen molar-refractivity contribution in [1.82, 2.24) is 15.5 Å². The number of rotatable bonds is 12. The quantitative estimate of drug-likeness (QED) is 0.243. The highest BCUT2D eigenvalue weighted by Crippen LogP contribution is 2.01. The molecule has 0 heterocycles. The molecule has 0 saturated heterocycles. The predicted molar refractivity (Wildman–Crippen MR) is 117 cm³/mol. The molecule has 0 amide bonds. The molecule has 0 aliphatic heterocycles. The molecule has 0 rings (SSSR count). The molecule has 9 heteroatoms. The highest BCUT2D eigenvalue weighted by Gasteiger charge is 2.12. The van der Waals surface area contributed by atoms with E-state index >= 15 is 0 Å². The largest absolute Gasteiger partial charge is 0.377 e. The first kappa shape index (κ1) is 27.1. The molecule has 0 aliphatic carbocycles. The Labute approximate surface area is 171 Å². The van der Waals surface area contributed by atoms with Crippen LogP contribution < -0.4 is 10.6 Å². The third-order valence-corrected chi connectivity index (χ3v) is 4.38. The summed E-state index contributed by atoms with van der Waals surface area (Å²) >= 11 is 0. The van der Waals surface area contributed by atoms with Crippen LogP contribution in [0.25, 0.3) is 0 Å². The normalized spacial score (nSPS) is 14.8. The fraction of sp³-hybridized carbons (Fsp3) is 0.938. The minimum atomic E-state index is -2.94. The van der Waals surface area contributed by atoms with Crippen molar-refractivity contribution in [2.24, 2.45) is 4.99 Å². The number of guanidine groups is 1. The van der Waals surface area contributed by atoms with Gasteiger partial charge < -0.3 is 20.3 Å². The van der Waals surface area contributed by atoms with E-state index in [1.807, 2.05) is 34.9 Å². The molecule has 0 bridgehead atoms. The third kappa shape index (κ3) is 17.1. The Balaban J connectivity index is 0. The van der Waals surface area contributed by atoms with Gasteiger partial charge in [0.2, 0.25) is 0 Å². The zero-order valence-corrected chi connectivity index (χ0v) is 19.7. The van der Waals surface area contributed by atoms with Gasteiger partial charge in [0.25, 0.3) is 0 Å². The molecule has 0 saturated carbocycles. The zero-order chi connectivity index (χ0) is 18.6. The van der Waals surface area contributed by atoms with E-state index in [1.54, 1.807) is 0 Å². The summed E-state index contributed by atoms with van der Waals surface area (Å²) in [6.07, 6.45) is 2.82. The minimum absolute atomic E-state index is 0. The van der Waals surface area contributed by atoms with Crippen LogP contribution in [0.5, 0.6) is 0 Å². The van der Waals surface area contributed by atoms with Crippen LogP contribution in [0.15, 0.2) is 4.99 Å². The molecule has 0 spiro atoms. The van der Waals surface area contributed by atoms with Gasteiger partial charge in [0, 0.05) is 32.0 Å². The maximum Gasteiger partial charge on any atom is 0.191 e. The van der Waals surface area contributed by atoms with Gasteiger partial charge in [0.05, 0.1) is 18.4 Å². The third-order valence-electron chi connectivity index (χ3n) is 3.40. The van der Waals surface area contributed by atoms with E-state index in [9.17, 15) is 8.42 Å². The van der Waals surface area contributed by atoms with E-state index in [4.69, 9.17) is 4.74 Å². The summed E-state index contributed by atoms with van der Waals surface area (Å²) in [4.78, 5) is 6.73. The molecule has 2 N–H and O–H groups in total. The summed E-state index contributed by atoms with van der Waals surface area (Å²) < 4.78 is 28.3. The summed E-state index contributed by atoms with van der Waals surface area (Å²) in [5.41, 5.74) is 0. The minimum Gasteiger partial charge on any atom is -0.377 e. The first-order valence-corrected chi connectivity index (χ1v) is 10.7. The topological polar surface area (TPSA) is 83.0 Å². The molecule has 2 atom stereocenters. The van der Waals surface area contributed by atoms with Gasteiger partial charge in [0.15, 0.2) is 5.96 Å². The Kier molecular flexibility index (Phi) is 16.2. The van der Waals surface area contributed by atoms with E-state index in [2.05, 4.69) is 20.5 Å². The fourth-order valence-electron chi connectivity index (χ4n) is 2.07. The van der Waals surface area contributed by atoms with Crippen LogP contribution in [0, 0.1) is 0 Å². The van der Waals surface area contributed by atoms with Crippen LogP contribution in [0.4, 0.5) is 0 Å². The molecule has 0 fully saturated rings. The second-order valence-electron chi connectivity index (χ2n) is 6.35. The van der Waals surface area contributed by atoms with Crippen molar-refractivity contribution in [3.05, 3.63) is 0 Å². The molecule has 0 aliphatic rings. The van der Waals surface area contributed by atoms with Gasteiger partial charge in [-0.25, -0.2) is 8.42 Å². The van der Waals surface area contributed by atoms with Gasteiger partial charge in [0.1, 0.15) is 9.84 Å². The SMILES string of the molecule is CCNC(=NCC(CCN(C)C)OCC)NC(C)CCS(C)(=O)=O.I. The van der Waals surface area contributed by atoms with Gasteiger partial charge in [-0.1, -0.05) is 0 Å². The molecule has 7 nitrogen and oxygen atoms in total. The van der Waals surface area contributed by atoms with Crippen molar-refractivity contribution >= 4 is 39.8 Å². The first-order valence-electron chi connectivity index (χ1n) is 8.66. The summed E-state index contributed by atoms with van der Waals surface area (Å²) in [5, 5.41) is 6.46. The van der Waals surface area contributed by atoms with E-state index in [0.717, 1.165) is 19.5 Å². The Morgan fingerprint density at radius 3 is 2.36 bits per heavy atom. The maximum atomic E-state index is 11.3. The number of hydrogen-bond acceptors (Lipinski definition) is 5. The number of nitrogens with one attached hydrogen (secondary N) is 2. The molecule has 2 unspecified atom stereocenters. The number of hydrogen-bond donors (Lipinski definition) is 2. The van der Waals surface area contributed by atoms with Crippen molar-refractivity contribution in [3.63, 3.8) is 0 Å². The summed E-state index contributed by atoms with van der Waals surface area (Å²) in [5.74, 6) is 0.874. The number of ether oxygens (including phenoxy) is 1. The van der Waals surface area contributed by atoms with Crippen LogP contribution in [0.2, 0.25) is 0 Å². The molecule has 0 aromatic carbocycles. The molecule has 25 heavy (non-hydrogen) atoms. The van der Waals surface area contributed by atoms with Gasteiger partial charge in [-0.15, -0.1) is 24.0 Å².